The summed E-state index contributed by atoms with van der Waals surface area (Å²) >= 11 is 0. The Balaban J connectivity index is 3.04. The summed E-state index contributed by atoms with van der Waals surface area (Å²) in [6, 6.07) is 0. The molecule has 0 amide bonds. The molecule has 0 bridgehead atoms. The second kappa shape index (κ2) is 1.82. The summed E-state index contributed by atoms with van der Waals surface area (Å²) in [4.78, 5) is 20.5. The maximum Gasteiger partial charge on any atom is 0.362 e. The zero-order valence-electron chi connectivity index (χ0n) is 5.35. The third-order valence-electron chi connectivity index (χ3n) is 1.30. The highest BCUT2D eigenvalue weighted by molar-refractivity contribution is 5.63. The molecule has 0 radical (unpaired) electrons. The van der Waals surface area contributed by atoms with Gasteiger partial charge in [0.25, 0.3) is 0 Å². The van der Waals surface area contributed by atoms with Crippen molar-refractivity contribution in [2.24, 2.45) is 0 Å². The van der Waals surface area contributed by atoms with Gasteiger partial charge in [0.2, 0.25) is 5.65 Å². The second-order valence-corrected chi connectivity index (χ2v) is 1.97. The first kappa shape index (κ1) is 5.90. The number of fused-ring (bicyclic) bond motifs is 1. The summed E-state index contributed by atoms with van der Waals surface area (Å²) in [7, 11) is 0. The van der Waals surface area contributed by atoms with Gasteiger partial charge in [0.15, 0.2) is 5.65 Å². The number of hydrogen-bond acceptors (Lipinski definition) is 4. The Hall–Kier alpha value is -1.85. The maximum atomic E-state index is 10.7. The van der Waals surface area contributed by atoms with Crippen LogP contribution >= 0.6 is 0 Å². The van der Waals surface area contributed by atoms with Gasteiger partial charge in [0.1, 0.15) is 0 Å². The monoisotopic (exact) mass is 152 g/mol. The van der Waals surface area contributed by atoms with Crippen LogP contribution in [0.15, 0.2) is 17.2 Å². The van der Waals surface area contributed by atoms with Crippen molar-refractivity contribution in [2.45, 2.75) is 0 Å². The lowest BCUT2D eigenvalue weighted by atomic mass is 10.7. The van der Waals surface area contributed by atoms with Crippen LogP contribution in [-0.4, -0.2) is 24.9 Å². The van der Waals surface area contributed by atoms with Gasteiger partial charge in [-0.3, -0.25) is 4.98 Å². The SMILES string of the molecule is O=c1[nH]c2nccnc2n1O. The number of nitrogens with zero attached hydrogens (tertiary/aromatic N) is 3. The van der Waals surface area contributed by atoms with Crippen LogP contribution in [0.3, 0.4) is 0 Å². The van der Waals surface area contributed by atoms with Gasteiger partial charge in [-0.25, -0.2) is 14.8 Å². The number of aromatic amines is 1. The molecule has 2 N–H and O–H groups in total. The van der Waals surface area contributed by atoms with Crippen LogP contribution in [0.1, 0.15) is 0 Å². The van der Waals surface area contributed by atoms with E-state index >= 15 is 0 Å². The van der Waals surface area contributed by atoms with Crippen molar-refractivity contribution in [2.75, 3.05) is 0 Å². The van der Waals surface area contributed by atoms with Gasteiger partial charge in [-0.05, 0) is 0 Å². The topological polar surface area (TPSA) is 83.8 Å². The molecule has 6 heteroatoms. The van der Waals surface area contributed by atoms with E-state index in [0.29, 0.717) is 4.73 Å². The van der Waals surface area contributed by atoms with Crippen LogP contribution in [0, 0.1) is 0 Å². The lowest BCUT2D eigenvalue weighted by molar-refractivity contribution is 0.186. The first-order chi connectivity index (χ1) is 5.29. The van der Waals surface area contributed by atoms with Gasteiger partial charge in [0, 0.05) is 12.4 Å². The third kappa shape index (κ3) is 0.689. The van der Waals surface area contributed by atoms with E-state index in [9.17, 15) is 4.79 Å². The first-order valence-electron chi connectivity index (χ1n) is 2.90. The molecular weight excluding hydrogens is 148 g/mol. The molecular formula is C5H4N4O2. The van der Waals surface area contributed by atoms with Crippen molar-refractivity contribution < 1.29 is 5.21 Å². The van der Waals surface area contributed by atoms with Gasteiger partial charge >= 0.3 is 5.69 Å². The molecule has 2 aromatic rings. The van der Waals surface area contributed by atoms with E-state index in [2.05, 4.69) is 15.0 Å². The summed E-state index contributed by atoms with van der Waals surface area (Å²) in [5, 5.41) is 8.97. The Morgan fingerprint density at radius 3 is 2.91 bits per heavy atom. The lowest BCUT2D eigenvalue weighted by Crippen LogP contribution is -2.13. The minimum absolute atomic E-state index is 0.137. The molecule has 0 atom stereocenters. The van der Waals surface area contributed by atoms with E-state index in [4.69, 9.17) is 5.21 Å². The average molecular weight is 152 g/mol. The van der Waals surface area contributed by atoms with Crippen LogP contribution in [0.25, 0.3) is 11.3 Å². The van der Waals surface area contributed by atoms with Crippen molar-refractivity contribution in [3.63, 3.8) is 0 Å². The lowest BCUT2D eigenvalue weighted by Gasteiger charge is -1.86. The largest absolute Gasteiger partial charge is 0.422 e. The summed E-state index contributed by atoms with van der Waals surface area (Å²) in [6.07, 6.45) is 2.82. The molecule has 0 aliphatic heterocycles. The minimum Gasteiger partial charge on any atom is -0.422 e. The summed E-state index contributed by atoms with van der Waals surface area (Å²) in [6.45, 7) is 0. The third-order valence-corrected chi connectivity index (χ3v) is 1.30. The molecule has 2 heterocycles. The smallest absolute Gasteiger partial charge is 0.362 e. The van der Waals surface area contributed by atoms with Crippen molar-refractivity contribution in [3.8, 4) is 0 Å². The molecule has 6 nitrogen and oxygen atoms in total. The quantitative estimate of drug-likeness (QED) is 0.491. The van der Waals surface area contributed by atoms with E-state index in [-0.39, 0.29) is 11.3 Å². The second-order valence-electron chi connectivity index (χ2n) is 1.97. The fraction of sp³-hybridized carbons (Fsp3) is 0. The molecule has 0 unspecified atom stereocenters. The molecule has 0 aromatic carbocycles. The fourth-order valence-corrected chi connectivity index (χ4v) is 0.824. The Bertz CT molecular complexity index is 443. The van der Waals surface area contributed by atoms with Gasteiger partial charge in [-0.15, -0.1) is 4.73 Å². The molecule has 2 rings (SSSR count). The number of imidazole rings is 1. The van der Waals surface area contributed by atoms with Gasteiger partial charge in [0.05, 0.1) is 0 Å². The highest BCUT2D eigenvalue weighted by Crippen LogP contribution is 1.97. The standard InChI is InChI=1S/C5H4N4O2/c10-5-8-3-4(9(5)11)7-2-1-6-3/h1-2,11H,(H,6,8,10). The minimum atomic E-state index is -0.633. The van der Waals surface area contributed by atoms with Crippen molar-refractivity contribution in [1.82, 2.24) is 19.7 Å². The van der Waals surface area contributed by atoms with E-state index < -0.39 is 5.69 Å². The Kier molecular flexibility index (Phi) is 0.974. The number of aromatic nitrogens is 4. The van der Waals surface area contributed by atoms with Gasteiger partial charge in [-0.2, -0.15) is 0 Å². The van der Waals surface area contributed by atoms with E-state index in [1.807, 2.05) is 0 Å². The molecule has 0 saturated carbocycles. The summed E-state index contributed by atoms with van der Waals surface area (Å²) in [5.74, 6) is 0. The predicted molar refractivity (Wildman–Crippen MR) is 35.3 cm³/mol. The van der Waals surface area contributed by atoms with Crippen LogP contribution in [0.2, 0.25) is 0 Å². The van der Waals surface area contributed by atoms with E-state index in [0.717, 1.165) is 0 Å². The normalized spacial score (nSPS) is 10.5. The van der Waals surface area contributed by atoms with Crippen molar-refractivity contribution >= 4 is 11.3 Å². The molecule has 0 fully saturated rings. The zero-order chi connectivity index (χ0) is 7.84. The maximum absolute atomic E-state index is 10.7. The van der Waals surface area contributed by atoms with Crippen molar-refractivity contribution in [3.05, 3.63) is 22.9 Å². The number of rotatable bonds is 0. The van der Waals surface area contributed by atoms with Crippen LogP contribution < -0.4 is 5.69 Å². The van der Waals surface area contributed by atoms with E-state index in [1.165, 1.54) is 12.4 Å². The van der Waals surface area contributed by atoms with Gasteiger partial charge in [-0.1, -0.05) is 0 Å². The molecule has 0 saturated heterocycles. The van der Waals surface area contributed by atoms with Crippen LogP contribution in [-0.2, 0) is 0 Å². The molecule has 11 heavy (non-hydrogen) atoms. The predicted octanol–water partition coefficient (Wildman–Crippen LogP) is -0.643. The Labute approximate surface area is 60.1 Å². The van der Waals surface area contributed by atoms with Crippen LogP contribution in [0.5, 0.6) is 0 Å². The molecule has 0 aliphatic rings. The van der Waals surface area contributed by atoms with Crippen molar-refractivity contribution in [1.29, 1.82) is 0 Å². The number of hydrogen-bond donors (Lipinski definition) is 2. The molecule has 0 spiro atoms. The molecule has 56 valence electrons. The number of H-pyrrole nitrogens is 1. The average Bonchev–Trinajstić information content (AvgIpc) is 2.30. The highest BCUT2D eigenvalue weighted by atomic mass is 16.5. The van der Waals surface area contributed by atoms with Gasteiger partial charge < -0.3 is 5.21 Å². The summed E-state index contributed by atoms with van der Waals surface area (Å²) in [5.41, 5.74) is -0.219. The van der Waals surface area contributed by atoms with E-state index in [1.54, 1.807) is 0 Å². The molecule has 2 aromatic heterocycles. The summed E-state index contributed by atoms with van der Waals surface area (Å²) < 4.78 is 0.419. The Morgan fingerprint density at radius 2 is 2.18 bits per heavy atom. The molecule has 0 aliphatic carbocycles. The highest BCUT2D eigenvalue weighted by Gasteiger charge is 2.04. The zero-order valence-corrected chi connectivity index (χ0v) is 5.35. The number of nitrogens with one attached hydrogen (secondary N) is 1. The Morgan fingerprint density at radius 1 is 1.45 bits per heavy atom. The fourth-order valence-electron chi connectivity index (χ4n) is 0.824. The first-order valence-corrected chi connectivity index (χ1v) is 2.90. The van der Waals surface area contributed by atoms with Crippen LogP contribution in [0.4, 0.5) is 0 Å².